The lowest BCUT2D eigenvalue weighted by atomic mass is 10.1. The molecular weight excluding hydrogens is 286 g/mol. The fourth-order valence-electron chi connectivity index (χ4n) is 1.96. The average molecular weight is 301 g/mol. The van der Waals surface area contributed by atoms with Crippen LogP contribution in [0.4, 0.5) is 5.69 Å². The Balaban J connectivity index is 2.25. The molecule has 5 nitrogen and oxygen atoms in total. The highest BCUT2D eigenvalue weighted by molar-refractivity contribution is 7.91. The molecule has 1 heterocycles. The van der Waals surface area contributed by atoms with Crippen LogP contribution in [0, 0.1) is 25.2 Å². The highest BCUT2D eigenvalue weighted by Gasteiger charge is 2.15. The summed E-state index contributed by atoms with van der Waals surface area (Å²) >= 11 is 0. The van der Waals surface area contributed by atoms with Crippen molar-refractivity contribution in [1.29, 1.82) is 5.26 Å². The molecule has 1 N–H and O–H groups in total. The number of anilines is 1. The highest BCUT2D eigenvalue weighted by Crippen LogP contribution is 2.17. The molecule has 0 atom stereocenters. The maximum absolute atomic E-state index is 12.2. The highest BCUT2D eigenvalue weighted by atomic mass is 32.2. The predicted molar refractivity (Wildman–Crippen MR) is 81.1 cm³/mol. The van der Waals surface area contributed by atoms with Crippen molar-refractivity contribution >= 4 is 15.7 Å². The van der Waals surface area contributed by atoms with E-state index in [1.807, 2.05) is 13.0 Å². The maximum Gasteiger partial charge on any atom is 0.237 e. The van der Waals surface area contributed by atoms with Crippen molar-refractivity contribution in [2.75, 3.05) is 4.72 Å². The number of pyridine rings is 1. The van der Waals surface area contributed by atoms with Crippen LogP contribution in [0.3, 0.4) is 0 Å². The van der Waals surface area contributed by atoms with Gasteiger partial charge in [0, 0.05) is 5.69 Å². The SMILES string of the molecule is Cc1ccc(NS(=O)(=O)Cc2ccccc2C#N)c(C)n1. The van der Waals surface area contributed by atoms with E-state index in [4.69, 9.17) is 5.26 Å². The molecule has 0 amide bonds. The lowest BCUT2D eigenvalue weighted by molar-refractivity contribution is 0.600. The van der Waals surface area contributed by atoms with Gasteiger partial charge in [0.2, 0.25) is 10.0 Å². The van der Waals surface area contributed by atoms with E-state index in [0.29, 0.717) is 22.5 Å². The van der Waals surface area contributed by atoms with Gasteiger partial charge in [-0.2, -0.15) is 5.26 Å². The Bertz CT molecular complexity index is 808. The van der Waals surface area contributed by atoms with Crippen molar-refractivity contribution in [2.24, 2.45) is 0 Å². The third-order valence-corrected chi connectivity index (χ3v) is 4.20. The quantitative estimate of drug-likeness (QED) is 0.940. The minimum Gasteiger partial charge on any atom is -0.281 e. The normalized spacial score (nSPS) is 10.9. The summed E-state index contributed by atoms with van der Waals surface area (Å²) in [6.07, 6.45) is 0. The first-order chi connectivity index (χ1) is 9.91. The Morgan fingerprint density at radius 1 is 1.19 bits per heavy atom. The zero-order valence-electron chi connectivity index (χ0n) is 11.8. The lowest BCUT2D eigenvalue weighted by Crippen LogP contribution is -2.16. The molecule has 0 aliphatic carbocycles. The van der Waals surface area contributed by atoms with Crippen LogP contribution < -0.4 is 4.72 Å². The molecule has 2 rings (SSSR count). The van der Waals surface area contributed by atoms with Crippen molar-refractivity contribution in [3.05, 3.63) is 58.9 Å². The summed E-state index contributed by atoms with van der Waals surface area (Å²) in [5, 5.41) is 9.00. The first-order valence-corrected chi connectivity index (χ1v) is 7.99. The van der Waals surface area contributed by atoms with Crippen molar-refractivity contribution in [3.63, 3.8) is 0 Å². The van der Waals surface area contributed by atoms with E-state index >= 15 is 0 Å². The number of nitrogens with one attached hydrogen (secondary N) is 1. The van der Waals surface area contributed by atoms with Crippen molar-refractivity contribution in [3.8, 4) is 6.07 Å². The monoisotopic (exact) mass is 301 g/mol. The molecule has 0 bridgehead atoms. The summed E-state index contributed by atoms with van der Waals surface area (Å²) in [6.45, 7) is 3.59. The second-order valence-electron chi connectivity index (χ2n) is 4.72. The van der Waals surface area contributed by atoms with Crippen LogP contribution >= 0.6 is 0 Å². The second kappa shape index (κ2) is 5.94. The number of hydrogen-bond acceptors (Lipinski definition) is 4. The van der Waals surface area contributed by atoms with E-state index in [9.17, 15) is 8.42 Å². The first kappa shape index (κ1) is 15.0. The van der Waals surface area contributed by atoms with Crippen LogP contribution in [0.1, 0.15) is 22.5 Å². The molecule has 0 fully saturated rings. The molecule has 0 saturated heterocycles. The summed E-state index contributed by atoms with van der Waals surface area (Å²) in [5.74, 6) is -0.246. The summed E-state index contributed by atoms with van der Waals surface area (Å²) < 4.78 is 27.0. The predicted octanol–water partition coefficient (Wildman–Crippen LogP) is 2.51. The molecular formula is C15H15N3O2S. The van der Waals surface area contributed by atoms with Gasteiger partial charge >= 0.3 is 0 Å². The maximum atomic E-state index is 12.2. The number of nitriles is 1. The minimum absolute atomic E-state index is 0.246. The van der Waals surface area contributed by atoms with E-state index in [1.54, 1.807) is 43.3 Å². The third-order valence-electron chi connectivity index (χ3n) is 2.97. The number of hydrogen-bond donors (Lipinski definition) is 1. The molecule has 0 spiro atoms. The Morgan fingerprint density at radius 3 is 2.57 bits per heavy atom. The molecule has 6 heteroatoms. The average Bonchev–Trinajstić information content (AvgIpc) is 2.42. The van der Waals surface area contributed by atoms with Gasteiger partial charge in [0.25, 0.3) is 0 Å². The van der Waals surface area contributed by atoms with Crippen LogP contribution in [0.2, 0.25) is 0 Å². The Morgan fingerprint density at radius 2 is 1.90 bits per heavy atom. The van der Waals surface area contributed by atoms with E-state index in [-0.39, 0.29) is 5.75 Å². The summed E-state index contributed by atoms with van der Waals surface area (Å²) in [5.41, 5.74) is 2.74. The van der Waals surface area contributed by atoms with Gasteiger partial charge in [-0.3, -0.25) is 9.71 Å². The standard InChI is InChI=1S/C15H15N3O2S/c1-11-7-8-15(12(2)17-11)18-21(19,20)10-14-6-4-3-5-13(14)9-16/h3-8,18H,10H2,1-2H3. The van der Waals surface area contributed by atoms with E-state index in [2.05, 4.69) is 9.71 Å². The van der Waals surface area contributed by atoms with Crippen molar-refractivity contribution in [1.82, 2.24) is 4.98 Å². The lowest BCUT2D eigenvalue weighted by Gasteiger charge is -2.11. The van der Waals surface area contributed by atoms with Crippen LogP contribution in [0.5, 0.6) is 0 Å². The Kier molecular flexibility index (Phi) is 4.24. The molecule has 21 heavy (non-hydrogen) atoms. The molecule has 0 aliphatic rings. The number of aromatic nitrogens is 1. The molecule has 0 unspecified atom stereocenters. The number of nitrogens with zero attached hydrogens (tertiary/aromatic N) is 2. The minimum atomic E-state index is -3.60. The Hall–Kier alpha value is -2.39. The van der Waals surface area contributed by atoms with Gasteiger partial charge in [0.1, 0.15) is 0 Å². The van der Waals surface area contributed by atoms with Crippen LogP contribution in [-0.4, -0.2) is 13.4 Å². The van der Waals surface area contributed by atoms with E-state index < -0.39 is 10.0 Å². The molecule has 0 radical (unpaired) electrons. The smallest absolute Gasteiger partial charge is 0.237 e. The van der Waals surface area contributed by atoms with Crippen LogP contribution in [-0.2, 0) is 15.8 Å². The van der Waals surface area contributed by atoms with Crippen molar-refractivity contribution in [2.45, 2.75) is 19.6 Å². The topological polar surface area (TPSA) is 82.9 Å². The number of rotatable bonds is 4. The number of benzene rings is 1. The zero-order chi connectivity index (χ0) is 15.5. The molecule has 1 aromatic carbocycles. The zero-order valence-corrected chi connectivity index (χ0v) is 12.6. The second-order valence-corrected chi connectivity index (χ2v) is 6.44. The largest absolute Gasteiger partial charge is 0.281 e. The number of sulfonamides is 1. The van der Waals surface area contributed by atoms with Gasteiger partial charge in [-0.1, -0.05) is 18.2 Å². The third kappa shape index (κ3) is 3.80. The molecule has 0 aliphatic heterocycles. The van der Waals surface area contributed by atoms with Gasteiger partial charge in [-0.05, 0) is 37.6 Å². The van der Waals surface area contributed by atoms with Gasteiger partial charge < -0.3 is 0 Å². The summed E-state index contributed by atoms with van der Waals surface area (Å²) in [4.78, 5) is 4.22. The fraction of sp³-hybridized carbons (Fsp3) is 0.200. The molecule has 108 valence electrons. The number of aryl methyl sites for hydroxylation is 2. The summed E-state index contributed by atoms with van der Waals surface area (Å²) in [7, 11) is -3.60. The van der Waals surface area contributed by atoms with Crippen molar-refractivity contribution < 1.29 is 8.42 Å². The summed E-state index contributed by atoms with van der Waals surface area (Å²) in [6, 6.07) is 12.1. The van der Waals surface area contributed by atoms with Crippen LogP contribution in [0.15, 0.2) is 36.4 Å². The van der Waals surface area contributed by atoms with Gasteiger partial charge in [0.05, 0.1) is 28.8 Å². The molecule has 2 aromatic rings. The first-order valence-electron chi connectivity index (χ1n) is 6.34. The van der Waals surface area contributed by atoms with Gasteiger partial charge in [-0.15, -0.1) is 0 Å². The van der Waals surface area contributed by atoms with E-state index in [1.165, 1.54) is 0 Å². The molecule has 1 aromatic heterocycles. The van der Waals surface area contributed by atoms with Crippen LogP contribution in [0.25, 0.3) is 0 Å². The Labute approximate surface area is 124 Å². The fourth-order valence-corrected chi connectivity index (χ4v) is 3.24. The molecule has 0 saturated carbocycles. The van der Waals surface area contributed by atoms with Gasteiger partial charge in [-0.25, -0.2) is 8.42 Å². The van der Waals surface area contributed by atoms with Gasteiger partial charge in [0.15, 0.2) is 0 Å². The van der Waals surface area contributed by atoms with E-state index in [0.717, 1.165) is 5.69 Å².